The molecule has 2 rings (SSSR count). The predicted octanol–water partition coefficient (Wildman–Crippen LogP) is 1.91. The fourth-order valence-corrected chi connectivity index (χ4v) is 1.94. The average Bonchev–Trinajstić information content (AvgIpc) is 2.26. The number of nitrogens with one attached hydrogen (secondary N) is 1. The lowest BCUT2D eigenvalue weighted by Crippen LogP contribution is -2.21. The summed E-state index contributed by atoms with van der Waals surface area (Å²) in [5.41, 5.74) is 5.59. The van der Waals surface area contributed by atoms with Gasteiger partial charge in [-0.1, -0.05) is 6.42 Å². The highest BCUT2D eigenvalue weighted by Gasteiger charge is 2.20. The number of benzene rings is 1. The summed E-state index contributed by atoms with van der Waals surface area (Å²) in [7, 11) is 0. The third-order valence-corrected chi connectivity index (χ3v) is 3.28. The van der Waals surface area contributed by atoms with Crippen LogP contribution in [0.15, 0.2) is 18.2 Å². The van der Waals surface area contributed by atoms with E-state index >= 15 is 0 Å². The van der Waals surface area contributed by atoms with Crippen molar-refractivity contribution < 1.29 is 9.72 Å². The van der Waals surface area contributed by atoms with Gasteiger partial charge in [0.15, 0.2) is 0 Å². The zero-order valence-electron chi connectivity index (χ0n) is 9.89. The maximum atomic E-state index is 11.0. The Kier molecular flexibility index (Phi) is 3.45. The maximum Gasteiger partial charge on any atom is 0.293 e. The molecule has 3 N–H and O–H groups in total. The molecule has 0 atom stereocenters. The molecular weight excluding hydrogens is 234 g/mol. The Bertz CT molecular complexity index is 483. The Hall–Kier alpha value is -2.11. The quantitative estimate of drug-likeness (QED) is 0.615. The van der Waals surface area contributed by atoms with Crippen molar-refractivity contribution >= 4 is 17.3 Å². The molecule has 1 saturated carbocycles. The number of rotatable bonds is 5. The second kappa shape index (κ2) is 5.03. The summed E-state index contributed by atoms with van der Waals surface area (Å²) in [6.07, 6.45) is 3.56. The Morgan fingerprint density at radius 3 is 2.72 bits per heavy atom. The molecule has 1 aromatic rings. The molecule has 1 aromatic carbocycles. The van der Waals surface area contributed by atoms with Gasteiger partial charge in [0.25, 0.3) is 5.69 Å². The third kappa shape index (κ3) is 2.58. The van der Waals surface area contributed by atoms with Crippen LogP contribution >= 0.6 is 0 Å². The van der Waals surface area contributed by atoms with E-state index in [9.17, 15) is 14.9 Å². The van der Waals surface area contributed by atoms with Crippen LogP contribution in [0.2, 0.25) is 0 Å². The highest BCUT2D eigenvalue weighted by Crippen LogP contribution is 2.29. The number of amides is 1. The standard InChI is InChI=1S/C12H15N3O3/c13-12(16)9-4-5-10(11(6-9)15(17)18)14-7-8-2-1-3-8/h4-6,8,14H,1-3,7H2,(H2,13,16). The van der Waals surface area contributed by atoms with Crippen LogP contribution in [0.4, 0.5) is 11.4 Å². The maximum absolute atomic E-state index is 11.0. The predicted molar refractivity (Wildman–Crippen MR) is 67.4 cm³/mol. The summed E-state index contributed by atoms with van der Waals surface area (Å²) >= 11 is 0. The Morgan fingerprint density at radius 1 is 1.50 bits per heavy atom. The molecule has 1 aliphatic carbocycles. The molecule has 96 valence electrons. The van der Waals surface area contributed by atoms with E-state index in [-0.39, 0.29) is 11.3 Å². The summed E-state index contributed by atoms with van der Waals surface area (Å²) in [6, 6.07) is 4.25. The van der Waals surface area contributed by atoms with Gasteiger partial charge in [0, 0.05) is 18.2 Å². The molecule has 1 amide bonds. The third-order valence-electron chi connectivity index (χ3n) is 3.28. The van der Waals surface area contributed by atoms with Crippen LogP contribution in [0.1, 0.15) is 29.6 Å². The number of nitro groups is 1. The van der Waals surface area contributed by atoms with Gasteiger partial charge in [-0.05, 0) is 30.9 Å². The van der Waals surface area contributed by atoms with Gasteiger partial charge in [-0.3, -0.25) is 14.9 Å². The van der Waals surface area contributed by atoms with Crippen LogP contribution in [0.3, 0.4) is 0 Å². The minimum atomic E-state index is -0.663. The second-order valence-corrected chi connectivity index (χ2v) is 4.53. The number of nitrogens with two attached hydrogens (primary N) is 1. The summed E-state index contributed by atoms with van der Waals surface area (Å²) in [4.78, 5) is 21.4. The first-order valence-corrected chi connectivity index (χ1v) is 5.90. The number of anilines is 1. The van der Waals surface area contributed by atoms with Gasteiger partial charge in [0.1, 0.15) is 5.69 Å². The summed E-state index contributed by atoms with van der Waals surface area (Å²) in [6.45, 7) is 0.733. The lowest BCUT2D eigenvalue weighted by atomic mass is 9.85. The zero-order chi connectivity index (χ0) is 13.1. The van der Waals surface area contributed by atoms with Crippen molar-refractivity contribution in [2.75, 3.05) is 11.9 Å². The molecule has 6 nitrogen and oxygen atoms in total. The monoisotopic (exact) mass is 249 g/mol. The van der Waals surface area contributed by atoms with E-state index in [2.05, 4.69) is 5.32 Å². The molecule has 0 radical (unpaired) electrons. The van der Waals surface area contributed by atoms with Gasteiger partial charge in [-0.2, -0.15) is 0 Å². The number of hydrogen-bond donors (Lipinski definition) is 2. The van der Waals surface area contributed by atoms with E-state index < -0.39 is 10.8 Å². The minimum Gasteiger partial charge on any atom is -0.379 e. The first kappa shape index (κ1) is 12.3. The van der Waals surface area contributed by atoms with Crippen molar-refractivity contribution in [3.8, 4) is 0 Å². The highest BCUT2D eigenvalue weighted by molar-refractivity contribution is 5.94. The highest BCUT2D eigenvalue weighted by atomic mass is 16.6. The van der Waals surface area contributed by atoms with Crippen molar-refractivity contribution in [1.82, 2.24) is 0 Å². The number of carbonyl (C=O) groups excluding carboxylic acids is 1. The molecule has 1 aliphatic rings. The smallest absolute Gasteiger partial charge is 0.293 e. The number of nitrogens with zero attached hydrogens (tertiary/aromatic N) is 1. The molecule has 1 fully saturated rings. The lowest BCUT2D eigenvalue weighted by Gasteiger charge is -2.25. The molecule has 0 aromatic heterocycles. The number of carbonyl (C=O) groups is 1. The molecular formula is C12H15N3O3. The molecule has 0 heterocycles. The van der Waals surface area contributed by atoms with Crippen LogP contribution in [-0.2, 0) is 0 Å². The molecule has 6 heteroatoms. The van der Waals surface area contributed by atoms with E-state index in [1.807, 2.05) is 0 Å². The fraction of sp³-hybridized carbons (Fsp3) is 0.417. The Balaban J connectivity index is 2.16. The Labute approximate surface area is 104 Å². The van der Waals surface area contributed by atoms with Crippen LogP contribution < -0.4 is 11.1 Å². The van der Waals surface area contributed by atoms with Gasteiger partial charge in [0.05, 0.1) is 4.92 Å². The van der Waals surface area contributed by atoms with Crippen LogP contribution in [0, 0.1) is 16.0 Å². The second-order valence-electron chi connectivity index (χ2n) is 4.53. The first-order valence-electron chi connectivity index (χ1n) is 5.90. The van der Waals surface area contributed by atoms with Gasteiger partial charge in [-0.25, -0.2) is 0 Å². The van der Waals surface area contributed by atoms with Gasteiger partial charge < -0.3 is 11.1 Å². The van der Waals surface area contributed by atoms with Crippen LogP contribution in [0.25, 0.3) is 0 Å². The minimum absolute atomic E-state index is 0.106. The lowest BCUT2D eigenvalue weighted by molar-refractivity contribution is -0.384. The molecule has 18 heavy (non-hydrogen) atoms. The number of primary amides is 1. The fourth-order valence-electron chi connectivity index (χ4n) is 1.94. The van der Waals surface area contributed by atoms with Gasteiger partial charge in [-0.15, -0.1) is 0 Å². The van der Waals surface area contributed by atoms with E-state index in [0.717, 1.165) is 6.54 Å². The van der Waals surface area contributed by atoms with E-state index in [0.29, 0.717) is 11.6 Å². The molecule has 0 aliphatic heterocycles. The molecule has 0 spiro atoms. The number of nitro benzene ring substituents is 1. The van der Waals surface area contributed by atoms with Crippen molar-refractivity contribution in [2.24, 2.45) is 11.7 Å². The van der Waals surface area contributed by atoms with Crippen molar-refractivity contribution in [2.45, 2.75) is 19.3 Å². The van der Waals surface area contributed by atoms with E-state index in [4.69, 9.17) is 5.73 Å². The van der Waals surface area contributed by atoms with Crippen molar-refractivity contribution in [1.29, 1.82) is 0 Å². The normalized spacial score (nSPS) is 14.9. The van der Waals surface area contributed by atoms with Crippen LogP contribution in [0.5, 0.6) is 0 Å². The molecule has 0 saturated heterocycles. The molecule has 0 unspecified atom stereocenters. The van der Waals surface area contributed by atoms with Gasteiger partial charge in [0.2, 0.25) is 5.91 Å². The Morgan fingerprint density at radius 2 is 2.22 bits per heavy atom. The SMILES string of the molecule is NC(=O)c1ccc(NCC2CCC2)c([N+](=O)[O-])c1. The largest absolute Gasteiger partial charge is 0.379 e. The van der Waals surface area contributed by atoms with E-state index in [1.54, 1.807) is 0 Å². The zero-order valence-corrected chi connectivity index (χ0v) is 9.89. The van der Waals surface area contributed by atoms with E-state index in [1.165, 1.54) is 37.5 Å². The summed E-state index contributed by atoms with van der Waals surface area (Å²) in [5.74, 6) is -0.0657. The molecule has 0 bridgehead atoms. The first-order chi connectivity index (χ1) is 8.58. The van der Waals surface area contributed by atoms with Gasteiger partial charge >= 0.3 is 0 Å². The van der Waals surface area contributed by atoms with Crippen molar-refractivity contribution in [3.63, 3.8) is 0 Å². The number of hydrogen-bond acceptors (Lipinski definition) is 4. The average molecular weight is 249 g/mol. The van der Waals surface area contributed by atoms with Crippen molar-refractivity contribution in [3.05, 3.63) is 33.9 Å². The topological polar surface area (TPSA) is 98.3 Å². The summed E-state index contributed by atoms with van der Waals surface area (Å²) < 4.78 is 0. The summed E-state index contributed by atoms with van der Waals surface area (Å²) in [5, 5.41) is 14.0. The van der Waals surface area contributed by atoms with Crippen LogP contribution in [-0.4, -0.2) is 17.4 Å².